The molecule has 0 amide bonds. The number of para-hydroxylation sites is 1. The summed E-state index contributed by atoms with van der Waals surface area (Å²) in [6.45, 7) is 2.39. The lowest BCUT2D eigenvalue weighted by atomic mass is 10.3. The third kappa shape index (κ3) is 4.00. The van der Waals surface area contributed by atoms with Gasteiger partial charge in [0.05, 0.1) is 11.1 Å². The van der Waals surface area contributed by atoms with Crippen LogP contribution >= 0.6 is 11.3 Å². The molecule has 0 spiro atoms. The third-order valence-corrected chi connectivity index (χ3v) is 5.78. The van der Waals surface area contributed by atoms with Crippen LogP contribution in [-0.4, -0.2) is 34.7 Å². The molecule has 0 unspecified atom stereocenters. The highest BCUT2D eigenvalue weighted by Gasteiger charge is 2.10. The monoisotopic (exact) mass is 392 g/mol. The van der Waals surface area contributed by atoms with Crippen molar-refractivity contribution in [2.24, 2.45) is 5.73 Å². The van der Waals surface area contributed by atoms with Crippen LogP contribution in [0.25, 0.3) is 16.2 Å². The van der Waals surface area contributed by atoms with Crippen molar-refractivity contribution >= 4 is 28.5 Å². The summed E-state index contributed by atoms with van der Waals surface area (Å²) in [5.41, 5.74) is 8.81. The number of aromatic nitrogens is 3. The van der Waals surface area contributed by atoms with E-state index in [1.165, 1.54) is 5.69 Å². The molecule has 0 atom stereocenters. The van der Waals surface area contributed by atoms with Crippen LogP contribution in [-0.2, 0) is 6.54 Å². The fourth-order valence-electron chi connectivity index (χ4n) is 3.11. The molecule has 144 valence electrons. The molecule has 28 heavy (non-hydrogen) atoms. The van der Waals surface area contributed by atoms with E-state index in [-0.39, 0.29) is 0 Å². The van der Waals surface area contributed by atoms with E-state index in [2.05, 4.69) is 58.6 Å². The van der Waals surface area contributed by atoms with Crippen molar-refractivity contribution in [2.75, 3.05) is 30.4 Å². The fourth-order valence-corrected chi connectivity index (χ4v) is 3.99. The van der Waals surface area contributed by atoms with E-state index in [1.807, 2.05) is 28.9 Å². The number of fused-ring (bicyclic) bond motifs is 1. The van der Waals surface area contributed by atoms with Gasteiger partial charge in [-0.25, -0.2) is 9.50 Å². The first-order chi connectivity index (χ1) is 13.7. The largest absolute Gasteiger partial charge is 0.375 e. The van der Waals surface area contributed by atoms with E-state index in [0.29, 0.717) is 6.54 Å². The molecule has 4 aromatic rings. The lowest BCUT2D eigenvalue weighted by molar-refractivity contribution is 0.809. The minimum absolute atomic E-state index is 0.555. The molecule has 3 aromatic heterocycles. The van der Waals surface area contributed by atoms with Crippen LogP contribution in [0.1, 0.15) is 11.3 Å². The van der Waals surface area contributed by atoms with Gasteiger partial charge < -0.3 is 16.0 Å². The highest BCUT2D eigenvalue weighted by molar-refractivity contribution is 7.15. The SMILES string of the molecule is CN(CCCNc1ccc2ncc(-c3ccc(CN)s3)n2n1)c1ccccc1. The number of rotatable bonds is 8. The smallest absolute Gasteiger partial charge is 0.154 e. The molecule has 0 fully saturated rings. The Morgan fingerprint density at radius 2 is 1.96 bits per heavy atom. The maximum atomic E-state index is 5.74. The standard InChI is InChI=1S/C21H24N6S/c1-26(16-6-3-2-4-7-16)13-5-12-23-20-10-11-21-24-15-18(27(21)25-20)19-9-8-17(14-22)28-19/h2-4,6-11,15H,5,12-14,22H2,1H3,(H,23,25). The molecule has 3 heterocycles. The van der Waals surface area contributed by atoms with E-state index in [9.17, 15) is 0 Å². The minimum Gasteiger partial charge on any atom is -0.375 e. The Hall–Kier alpha value is -2.90. The highest BCUT2D eigenvalue weighted by Crippen LogP contribution is 2.28. The van der Waals surface area contributed by atoms with E-state index in [0.717, 1.165) is 46.4 Å². The molecule has 0 saturated heterocycles. The van der Waals surface area contributed by atoms with Gasteiger partial charge in [0.25, 0.3) is 0 Å². The molecule has 4 rings (SSSR count). The predicted octanol–water partition coefficient (Wildman–Crippen LogP) is 3.85. The van der Waals surface area contributed by atoms with Crippen molar-refractivity contribution in [1.82, 2.24) is 14.6 Å². The molecule has 0 aliphatic carbocycles. The second kappa shape index (κ2) is 8.41. The number of imidazole rings is 1. The van der Waals surface area contributed by atoms with Crippen LogP contribution in [0.3, 0.4) is 0 Å². The number of nitrogens with two attached hydrogens (primary N) is 1. The first-order valence-corrected chi connectivity index (χ1v) is 10.2. The lowest BCUT2D eigenvalue weighted by Crippen LogP contribution is -2.20. The molecule has 0 bridgehead atoms. The van der Waals surface area contributed by atoms with Gasteiger partial charge in [0.2, 0.25) is 0 Å². The van der Waals surface area contributed by atoms with Crippen molar-refractivity contribution in [3.8, 4) is 10.6 Å². The summed E-state index contributed by atoms with van der Waals surface area (Å²) in [6, 6.07) is 18.5. The zero-order chi connectivity index (χ0) is 19.3. The second-order valence-electron chi connectivity index (χ2n) is 6.64. The van der Waals surface area contributed by atoms with Crippen molar-refractivity contribution in [2.45, 2.75) is 13.0 Å². The Labute approximate surface area is 168 Å². The molecular weight excluding hydrogens is 368 g/mol. The molecule has 3 N–H and O–H groups in total. The molecule has 7 heteroatoms. The Morgan fingerprint density at radius 3 is 2.75 bits per heavy atom. The van der Waals surface area contributed by atoms with Crippen LogP contribution in [0.2, 0.25) is 0 Å². The maximum Gasteiger partial charge on any atom is 0.154 e. The van der Waals surface area contributed by atoms with E-state index < -0.39 is 0 Å². The van der Waals surface area contributed by atoms with E-state index in [4.69, 9.17) is 10.8 Å². The molecule has 0 radical (unpaired) electrons. The Balaban J connectivity index is 1.40. The lowest BCUT2D eigenvalue weighted by Gasteiger charge is -2.19. The number of nitrogens with zero attached hydrogens (tertiary/aromatic N) is 4. The first-order valence-electron chi connectivity index (χ1n) is 9.38. The summed E-state index contributed by atoms with van der Waals surface area (Å²) in [4.78, 5) is 9.01. The van der Waals surface area contributed by atoms with Crippen molar-refractivity contribution < 1.29 is 0 Å². The van der Waals surface area contributed by atoms with Gasteiger partial charge in [-0.2, -0.15) is 0 Å². The van der Waals surface area contributed by atoms with E-state index >= 15 is 0 Å². The van der Waals surface area contributed by atoms with E-state index in [1.54, 1.807) is 11.3 Å². The van der Waals surface area contributed by atoms with Crippen molar-refractivity contribution in [3.05, 3.63) is 65.7 Å². The molecule has 0 saturated carbocycles. The van der Waals surface area contributed by atoms with Gasteiger partial charge in [0, 0.05) is 37.2 Å². The summed E-state index contributed by atoms with van der Waals surface area (Å²) < 4.78 is 1.89. The number of thiophene rings is 1. The molecule has 6 nitrogen and oxygen atoms in total. The van der Waals surface area contributed by atoms with Gasteiger partial charge in [-0.05, 0) is 42.8 Å². The summed E-state index contributed by atoms with van der Waals surface area (Å²) in [5.74, 6) is 0.852. The summed E-state index contributed by atoms with van der Waals surface area (Å²) in [5, 5.41) is 8.15. The minimum atomic E-state index is 0.555. The number of nitrogens with one attached hydrogen (secondary N) is 1. The molecule has 0 aliphatic heterocycles. The first kappa shape index (κ1) is 18.5. The fraction of sp³-hybridized carbons (Fsp3) is 0.238. The number of benzene rings is 1. The highest BCUT2D eigenvalue weighted by atomic mass is 32.1. The van der Waals surface area contributed by atoms with Gasteiger partial charge in [-0.1, -0.05) is 18.2 Å². The number of anilines is 2. The Morgan fingerprint density at radius 1 is 1.11 bits per heavy atom. The Kier molecular flexibility index (Phi) is 5.55. The van der Waals surface area contributed by atoms with Crippen LogP contribution in [0.4, 0.5) is 11.5 Å². The average Bonchev–Trinajstić information content (AvgIpc) is 3.38. The topological polar surface area (TPSA) is 71.5 Å². The van der Waals surface area contributed by atoms with Gasteiger partial charge in [-0.15, -0.1) is 16.4 Å². The third-order valence-electron chi connectivity index (χ3n) is 4.65. The number of hydrogen-bond donors (Lipinski definition) is 2. The van der Waals surface area contributed by atoms with Gasteiger partial charge >= 0.3 is 0 Å². The van der Waals surface area contributed by atoms with Crippen molar-refractivity contribution in [3.63, 3.8) is 0 Å². The summed E-state index contributed by atoms with van der Waals surface area (Å²) >= 11 is 1.68. The van der Waals surface area contributed by atoms with Gasteiger partial charge in [0.1, 0.15) is 11.5 Å². The van der Waals surface area contributed by atoms with Gasteiger partial charge in [-0.3, -0.25) is 0 Å². The van der Waals surface area contributed by atoms with Crippen LogP contribution in [0.15, 0.2) is 60.8 Å². The quantitative estimate of drug-likeness (QED) is 0.446. The van der Waals surface area contributed by atoms with Crippen LogP contribution in [0.5, 0.6) is 0 Å². The predicted molar refractivity (Wildman–Crippen MR) is 117 cm³/mol. The Bertz CT molecular complexity index is 1040. The average molecular weight is 393 g/mol. The zero-order valence-electron chi connectivity index (χ0n) is 15.9. The zero-order valence-corrected chi connectivity index (χ0v) is 16.7. The molecular formula is C21H24N6S. The van der Waals surface area contributed by atoms with Crippen molar-refractivity contribution in [1.29, 1.82) is 0 Å². The molecule has 1 aromatic carbocycles. The van der Waals surface area contributed by atoms with Crippen LogP contribution in [0, 0.1) is 0 Å². The number of hydrogen-bond acceptors (Lipinski definition) is 6. The normalized spacial score (nSPS) is 11.1. The molecule has 0 aliphatic rings. The maximum absolute atomic E-state index is 5.74. The summed E-state index contributed by atoms with van der Waals surface area (Å²) in [6.07, 6.45) is 2.89. The van der Waals surface area contributed by atoms with Gasteiger partial charge in [0.15, 0.2) is 5.65 Å². The summed E-state index contributed by atoms with van der Waals surface area (Å²) in [7, 11) is 2.12. The second-order valence-corrected chi connectivity index (χ2v) is 7.81. The van der Waals surface area contributed by atoms with Crippen LogP contribution < -0.4 is 16.0 Å².